The van der Waals surface area contributed by atoms with E-state index in [1.165, 1.54) is 36.3 Å². The summed E-state index contributed by atoms with van der Waals surface area (Å²) in [5, 5.41) is 27.5. The third kappa shape index (κ3) is 26.0. The van der Waals surface area contributed by atoms with Crippen molar-refractivity contribution in [2.75, 3.05) is 34.0 Å². The molecule has 1 amide bonds. The number of fused-ring (bicyclic) bond motifs is 2. The van der Waals surface area contributed by atoms with Crippen molar-refractivity contribution in [1.29, 1.82) is 10.5 Å². The average Bonchev–Trinajstić information content (AvgIpc) is 1.58. The molecular weight excluding hydrogens is 1410 g/mol. The third-order valence-corrected chi connectivity index (χ3v) is 17.2. The van der Waals surface area contributed by atoms with Gasteiger partial charge in [-0.1, -0.05) is 79.6 Å². The fourth-order valence-electron chi connectivity index (χ4n) is 12.1. The number of hydrogen-bond acceptors (Lipinski definition) is 14. The van der Waals surface area contributed by atoms with Gasteiger partial charge in [0, 0.05) is 152 Å². The zero-order valence-electron chi connectivity index (χ0n) is 59.0. The van der Waals surface area contributed by atoms with Crippen molar-refractivity contribution < 1.29 is 103 Å². The number of nitrogens with zero attached hydrogens (tertiary/aromatic N) is 5. The summed E-state index contributed by atoms with van der Waals surface area (Å²) < 4.78 is 27.5. The number of benzene rings is 3. The number of oxime groups is 1. The van der Waals surface area contributed by atoms with Crippen LogP contribution in [0, 0.1) is 64.0 Å². The van der Waals surface area contributed by atoms with Gasteiger partial charge in [-0.15, -0.1) is 0 Å². The van der Waals surface area contributed by atoms with Crippen LogP contribution in [0.25, 0.3) is 11.4 Å². The van der Waals surface area contributed by atoms with Crippen molar-refractivity contribution in [1.82, 2.24) is 9.13 Å². The number of carbonyl (C=O) groups is 7. The molecule has 5 aliphatic rings. The Morgan fingerprint density at radius 2 is 1.15 bits per heavy atom. The second-order valence-electron chi connectivity index (χ2n) is 27.1. The first kappa shape index (κ1) is 88.0. The van der Waals surface area contributed by atoms with E-state index in [1.807, 2.05) is 70.4 Å². The maximum absolute atomic E-state index is 12.7. The quantitative estimate of drug-likeness (QED) is 0.0293. The molecule has 0 bridgehead atoms. The van der Waals surface area contributed by atoms with Gasteiger partial charge in [0.25, 0.3) is 0 Å². The van der Waals surface area contributed by atoms with E-state index < -0.39 is 5.91 Å². The minimum absolute atomic E-state index is 0. The number of nitrogens with two attached hydrogens (primary N) is 2. The summed E-state index contributed by atoms with van der Waals surface area (Å²) in [5.74, 6) is -0.0128. The number of aryl methyl sites for hydroxylation is 3. The van der Waals surface area contributed by atoms with Crippen LogP contribution in [0.5, 0.6) is 0 Å². The normalized spacial score (nSPS) is 16.2. The van der Waals surface area contributed by atoms with Crippen molar-refractivity contribution in [2.45, 2.75) is 168 Å². The number of ketones is 6. The molecule has 10 rings (SSSR count). The van der Waals surface area contributed by atoms with Crippen molar-refractivity contribution in [2.24, 2.45) is 38.3 Å². The van der Waals surface area contributed by atoms with Crippen LogP contribution in [0.4, 0.5) is 4.39 Å². The molecule has 5 aliphatic carbocycles. The predicted octanol–water partition coefficient (Wildman–Crippen LogP) is 12.4. The fraction of sp³-hybridized carbons (Fsp3) is 0.459. The van der Waals surface area contributed by atoms with E-state index in [4.69, 9.17) is 31.9 Å². The van der Waals surface area contributed by atoms with Crippen LogP contribution < -0.4 is 41.0 Å². The van der Waals surface area contributed by atoms with Crippen LogP contribution in [-0.4, -0.2) is 95.1 Å². The molecule has 1 saturated carbocycles. The second kappa shape index (κ2) is 39.6. The number of allylic oxidation sites excluding steroid dienone is 4. The van der Waals surface area contributed by atoms with E-state index in [1.54, 1.807) is 26.4 Å². The number of rotatable bonds is 10. The maximum atomic E-state index is 12.7. The van der Waals surface area contributed by atoms with E-state index in [0.29, 0.717) is 78.8 Å². The largest absolute Gasteiger partial charge is 1.00 e. The van der Waals surface area contributed by atoms with Crippen molar-refractivity contribution in [3.05, 3.63) is 160 Å². The van der Waals surface area contributed by atoms with Gasteiger partial charge in [0.1, 0.15) is 35.7 Å². The number of nitriles is 2. The average molecular weight is 1510 g/mol. The van der Waals surface area contributed by atoms with Gasteiger partial charge < -0.3 is 36.7 Å². The van der Waals surface area contributed by atoms with Gasteiger partial charge >= 0.3 is 29.6 Å². The van der Waals surface area contributed by atoms with Gasteiger partial charge in [0.15, 0.2) is 23.1 Å². The SMILES string of the molecule is C.CC(=O)/C=N/O.CC1(C)CC(=O)CC(=O)C1.CC1=CCC2=C1C(=O)CC(C)(C)C2.COCCCc1cc(-n2cc(C)c3c2CC(C)(C)CC3=O)ccc1C(N)=O.COCCN.Cc1cn(-c2ccc(C#N)c(Br)c2)c2c1C(=O)CC(C)(C)C2.N#Cc1ccc(F)cc1Br.[H-].[Na+].[Zn]. The number of carbonyl (C=O) groups excluding carboxylic acids is 7. The van der Waals surface area contributed by atoms with Gasteiger partial charge in [-0.05, 0) is 190 Å². The smallest absolute Gasteiger partial charge is 1.00 e. The molecule has 17 nitrogen and oxygen atoms in total. The van der Waals surface area contributed by atoms with E-state index in [9.17, 15) is 38.0 Å². The minimum atomic E-state index is -0.420. The number of methoxy groups -OCH3 is 2. The van der Waals surface area contributed by atoms with Gasteiger partial charge in [-0.25, -0.2) is 4.39 Å². The summed E-state index contributed by atoms with van der Waals surface area (Å²) in [5.41, 5.74) is 24.6. The topological polar surface area (TPSA) is 280 Å². The monoisotopic (exact) mass is 1510 g/mol. The Balaban J connectivity index is 0.00000118. The summed E-state index contributed by atoms with van der Waals surface area (Å²) >= 11 is 6.48. The molecule has 2 aromatic heterocycles. The maximum Gasteiger partial charge on any atom is 1.00 e. The number of ether oxygens (including phenoxy) is 2. The van der Waals surface area contributed by atoms with E-state index >= 15 is 0 Å². The Morgan fingerprint density at radius 3 is 1.55 bits per heavy atom. The molecule has 0 spiro atoms. The van der Waals surface area contributed by atoms with E-state index in [0.717, 1.165) is 105 Å². The van der Waals surface area contributed by atoms with Crippen LogP contribution >= 0.6 is 31.9 Å². The molecule has 0 aliphatic heterocycles. The number of halogens is 3. The Kier molecular flexibility index (Phi) is 36.3. The number of primary amides is 1. The molecule has 0 radical (unpaired) electrons. The molecule has 96 heavy (non-hydrogen) atoms. The zero-order chi connectivity index (χ0) is 69.9. The fourth-order valence-corrected chi connectivity index (χ4v) is 13.0. The first-order chi connectivity index (χ1) is 43.5. The van der Waals surface area contributed by atoms with Crippen molar-refractivity contribution in [3.8, 4) is 23.5 Å². The number of hydrogen-bond donors (Lipinski definition) is 3. The summed E-state index contributed by atoms with van der Waals surface area (Å²) in [4.78, 5) is 80.2. The Bertz CT molecular complexity index is 3800. The first-order valence-electron chi connectivity index (χ1n) is 30.8. The summed E-state index contributed by atoms with van der Waals surface area (Å²) in [6.45, 7) is 26.1. The zero-order valence-corrected chi connectivity index (χ0v) is 66.1. The number of aromatic nitrogens is 2. The van der Waals surface area contributed by atoms with Gasteiger partial charge in [0.2, 0.25) is 5.91 Å². The van der Waals surface area contributed by atoms with Crippen LogP contribution in [0.15, 0.2) is 104 Å². The molecule has 0 atom stereocenters. The van der Waals surface area contributed by atoms with Crippen LogP contribution in [-0.2, 0) is 67.4 Å². The molecule has 1 fully saturated rings. The van der Waals surface area contributed by atoms with Crippen LogP contribution in [0.2, 0.25) is 0 Å². The Morgan fingerprint density at radius 1 is 0.698 bits per heavy atom. The molecule has 0 saturated heterocycles. The number of Topliss-reactive ketones (excluding diaryl/α,β-unsaturated/α-hetero) is 6. The van der Waals surface area contributed by atoms with E-state index in [-0.39, 0.29) is 121 Å². The van der Waals surface area contributed by atoms with Crippen LogP contribution in [0.1, 0.15) is 206 Å². The second-order valence-corrected chi connectivity index (χ2v) is 28.8. The molecule has 510 valence electrons. The standard InChI is InChI=1S/C22H28N2O3.C18H17BrN2O.C12H16O.C8H12O2.C7H3BrFN.C3H5NO2.C3H9NO.CH4.Na.Zn.H/c1-14-13-24(18-11-22(2,3)12-19(25)20(14)18)16-7-8-17(21(23)26)15(10-16)6-5-9-27-4;1-11-10-21(13-5-4-12(9-20)14(19)6-13)15-7-18(2,3)8-16(22)17(11)15;1-8-4-5-9-6-12(2,3)7-10(13)11(8)9;1-8(2)4-6(9)3-7(10)5-8;8-7-3-6(9)2-1-5(7)4-10;1-3(5)2-4-6;1-5-3-2-4;;;;/h7-8,10,13H,5-6,9,11-12H2,1-4H3,(H2,23,26);4-6,10H,7-8H2,1-3H3;4H,5-7H2,1-3H3;3-5H2,1-2H3;1-3H;2,6H,1H3;2-4H2,1H3;1H4;;;/q;;;;;;;;+1;;-1/b;;;;;4-2+;;;;;. The molecule has 2 heterocycles. The van der Waals surface area contributed by atoms with Gasteiger partial charge in [-0.3, -0.25) is 33.6 Å². The van der Waals surface area contributed by atoms with Gasteiger partial charge in [0.05, 0.1) is 24.2 Å². The van der Waals surface area contributed by atoms with Crippen molar-refractivity contribution >= 4 is 78.7 Å². The number of amides is 1. The third-order valence-electron chi connectivity index (χ3n) is 15.9. The summed E-state index contributed by atoms with van der Waals surface area (Å²) in [6, 6.07) is 19.4. The Labute approximate surface area is 620 Å². The van der Waals surface area contributed by atoms with Crippen molar-refractivity contribution in [3.63, 3.8) is 0 Å². The predicted molar refractivity (Wildman–Crippen MR) is 375 cm³/mol. The van der Waals surface area contributed by atoms with Gasteiger partial charge in [-0.2, -0.15) is 10.5 Å². The summed E-state index contributed by atoms with van der Waals surface area (Å²) in [6.07, 6.45) is 15.6. The van der Waals surface area contributed by atoms with Crippen LogP contribution in [0.3, 0.4) is 0 Å². The molecule has 5 N–H and O–H groups in total. The summed E-state index contributed by atoms with van der Waals surface area (Å²) in [7, 11) is 3.30. The molecule has 0 unspecified atom stereocenters. The molecule has 22 heteroatoms. The molecule has 5 aromatic rings. The first-order valence-corrected chi connectivity index (χ1v) is 32.3. The van der Waals surface area contributed by atoms with E-state index in [2.05, 4.69) is 111 Å². The minimum Gasteiger partial charge on any atom is -1.00 e. The molecular formula is C74H95Br2FN7NaO10Zn. The Hall–Kier alpha value is -5.97. The molecule has 3 aromatic carbocycles.